The van der Waals surface area contributed by atoms with Crippen molar-refractivity contribution in [2.24, 2.45) is 17.1 Å². The number of nitrogens with one attached hydrogen (secondary N) is 2. The van der Waals surface area contributed by atoms with Gasteiger partial charge in [-0.2, -0.15) is 0 Å². The van der Waals surface area contributed by atoms with Crippen LogP contribution in [0.1, 0.15) is 42.5 Å². The van der Waals surface area contributed by atoms with Gasteiger partial charge in [-0.3, -0.25) is 14.4 Å². The first-order chi connectivity index (χ1) is 13.3. The lowest BCUT2D eigenvalue weighted by Gasteiger charge is -2.14. The lowest BCUT2D eigenvalue weighted by Crippen LogP contribution is -2.44. The predicted molar refractivity (Wildman–Crippen MR) is 101 cm³/mol. The highest BCUT2D eigenvalue weighted by atomic mass is 32.2. The third-order valence-corrected chi connectivity index (χ3v) is 6.52. The van der Waals surface area contributed by atoms with Gasteiger partial charge in [0.25, 0.3) is 15.9 Å². The summed E-state index contributed by atoms with van der Waals surface area (Å²) in [7, 11) is -4.26. The summed E-state index contributed by atoms with van der Waals surface area (Å²) in [6.45, 7) is 0.490. The van der Waals surface area contributed by atoms with Crippen LogP contribution >= 0.6 is 0 Å². The van der Waals surface area contributed by atoms with Gasteiger partial charge in [0.2, 0.25) is 11.8 Å². The second kappa shape index (κ2) is 7.75. The van der Waals surface area contributed by atoms with E-state index < -0.39 is 33.2 Å². The van der Waals surface area contributed by atoms with Gasteiger partial charge >= 0.3 is 0 Å². The minimum Gasteiger partial charge on any atom is -0.369 e. The summed E-state index contributed by atoms with van der Waals surface area (Å²) in [6, 6.07) is 5.40. The Morgan fingerprint density at radius 3 is 2.71 bits per heavy atom. The van der Waals surface area contributed by atoms with E-state index in [1.807, 2.05) is 10.8 Å². The van der Waals surface area contributed by atoms with Crippen molar-refractivity contribution >= 4 is 27.7 Å². The minimum atomic E-state index is -4.26. The minimum absolute atomic E-state index is 0.176. The third-order valence-electron chi connectivity index (χ3n) is 5.19. The van der Waals surface area contributed by atoms with E-state index in [9.17, 15) is 22.8 Å². The monoisotopic (exact) mass is 405 g/mol. The molecule has 1 aromatic rings. The van der Waals surface area contributed by atoms with Crippen LogP contribution in [0.3, 0.4) is 0 Å². The second-order valence-electron chi connectivity index (χ2n) is 7.14. The van der Waals surface area contributed by atoms with Gasteiger partial charge in [-0.05, 0) is 43.9 Å². The van der Waals surface area contributed by atoms with Crippen LogP contribution in [0.15, 0.2) is 41.3 Å². The van der Waals surface area contributed by atoms with Gasteiger partial charge in [0.1, 0.15) is 5.41 Å². The summed E-state index contributed by atoms with van der Waals surface area (Å²) < 4.78 is 27.2. The summed E-state index contributed by atoms with van der Waals surface area (Å²) in [4.78, 5) is 36.6. The van der Waals surface area contributed by atoms with Crippen LogP contribution in [0.5, 0.6) is 0 Å². The summed E-state index contributed by atoms with van der Waals surface area (Å²) >= 11 is 0. The zero-order chi connectivity index (χ0) is 20.4. The summed E-state index contributed by atoms with van der Waals surface area (Å²) in [6.07, 6.45) is 7.20. The molecule has 0 spiro atoms. The van der Waals surface area contributed by atoms with Gasteiger partial charge < -0.3 is 11.1 Å². The lowest BCUT2D eigenvalue weighted by molar-refractivity contribution is -0.134. The van der Waals surface area contributed by atoms with E-state index in [2.05, 4.69) is 5.32 Å². The molecule has 1 aliphatic carbocycles. The highest BCUT2D eigenvalue weighted by molar-refractivity contribution is 7.90. The van der Waals surface area contributed by atoms with Gasteiger partial charge in [0.15, 0.2) is 0 Å². The van der Waals surface area contributed by atoms with Crippen LogP contribution in [-0.4, -0.2) is 32.7 Å². The molecule has 0 radical (unpaired) electrons. The van der Waals surface area contributed by atoms with Crippen LogP contribution in [0, 0.1) is 11.3 Å². The van der Waals surface area contributed by atoms with E-state index in [0.29, 0.717) is 6.54 Å². The van der Waals surface area contributed by atoms with E-state index in [-0.39, 0.29) is 22.8 Å². The standard InChI is InChI=1S/C19H23N3O5S/c20-17(24)19-12-14(19)8-4-2-1-3-5-10-21-16(23)13-7-6-9-15(11-13)28(26,27)22-18(19)25/h4,6-9,11,14H,1-3,5,10,12H2,(H2,20,24)(H,21,23)(H,22,25)/b8-4-/t14-,19-/m1/s1. The number of carbonyl (C=O) groups is 3. The molecule has 1 saturated carbocycles. The molecule has 3 rings (SSSR count). The van der Waals surface area contributed by atoms with E-state index in [4.69, 9.17) is 5.73 Å². The average molecular weight is 405 g/mol. The molecule has 0 unspecified atom stereocenters. The van der Waals surface area contributed by atoms with Gasteiger partial charge in [0.05, 0.1) is 4.90 Å². The Kier molecular flexibility index (Phi) is 5.55. The van der Waals surface area contributed by atoms with Crippen LogP contribution in [0.2, 0.25) is 0 Å². The van der Waals surface area contributed by atoms with Crippen LogP contribution in [0.25, 0.3) is 0 Å². The van der Waals surface area contributed by atoms with E-state index in [0.717, 1.165) is 25.7 Å². The Labute approximate surface area is 163 Å². The molecule has 2 atom stereocenters. The maximum Gasteiger partial charge on any atom is 0.264 e. The van der Waals surface area contributed by atoms with Gasteiger partial charge in [-0.25, -0.2) is 13.1 Å². The molecule has 1 heterocycles. The lowest BCUT2D eigenvalue weighted by atomic mass is 10.0. The first-order valence-corrected chi connectivity index (χ1v) is 10.7. The Morgan fingerprint density at radius 1 is 1.18 bits per heavy atom. The fourth-order valence-corrected chi connectivity index (χ4v) is 4.47. The number of allylic oxidation sites excluding steroid dienone is 2. The zero-order valence-corrected chi connectivity index (χ0v) is 16.1. The van der Waals surface area contributed by atoms with Crippen molar-refractivity contribution in [3.05, 3.63) is 42.0 Å². The van der Waals surface area contributed by atoms with Crippen LogP contribution < -0.4 is 15.8 Å². The number of carbonyl (C=O) groups excluding carboxylic acids is 3. The molecule has 4 N–H and O–H groups in total. The highest BCUT2D eigenvalue weighted by Crippen LogP contribution is 2.53. The summed E-state index contributed by atoms with van der Waals surface area (Å²) in [5, 5.41) is 2.76. The number of fused-ring (bicyclic) bond motifs is 3. The fourth-order valence-electron chi connectivity index (χ4n) is 3.38. The molecule has 28 heavy (non-hydrogen) atoms. The molecule has 0 saturated heterocycles. The largest absolute Gasteiger partial charge is 0.369 e. The molecular weight excluding hydrogens is 382 g/mol. The fraction of sp³-hybridized carbons (Fsp3) is 0.421. The third kappa shape index (κ3) is 3.94. The van der Waals surface area contributed by atoms with Crippen molar-refractivity contribution in [1.29, 1.82) is 0 Å². The molecule has 1 fully saturated rings. The maximum atomic E-state index is 12.6. The first kappa shape index (κ1) is 20.1. The van der Waals surface area contributed by atoms with E-state index >= 15 is 0 Å². The number of hydrogen-bond acceptors (Lipinski definition) is 5. The van der Waals surface area contributed by atoms with Gasteiger partial charge in [-0.1, -0.05) is 24.6 Å². The molecule has 2 aliphatic rings. The molecule has 9 heteroatoms. The Balaban J connectivity index is 1.93. The Bertz CT molecular complexity index is 941. The van der Waals surface area contributed by atoms with Crippen LogP contribution in [0.4, 0.5) is 0 Å². The van der Waals surface area contributed by atoms with Crippen molar-refractivity contribution in [3.8, 4) is 0 Å². The predicted octanol–water partition coefficient (Wildman–Crippen LogP) is 0.843. The molecule has 8 nitrogen and oxygen atoms in total. The molecule has 3 amide bonds. The number of hydrogen-bond donors (Lipinski definition) is 3. The smallest absolute Gasteiger partial charge is 0.264 e. The Morgan fingerprint density at radius 2 is 1.96 bits per heavy atom. The van der Waals surface area contributed by atoms with Crippen molar-refractivity contribution in [3.63, 3.8) is 0 Å². The van der Waals surface area contributed by atoms with Crippen LogP contribution in [-0.2, 0) is 19.6 Å². The summed E-state index contributed by atoms with van der Waals surface area (Å²) in [5.41, 5.74) is 4.05. The van der Waals surface area contributed by atoms with Gasteiger partial charge in [0, 0.05) is 18.0 Å². The van der Waals surface area contributed by atoms with E-state index in [1.54, 1.807) is 6.08 Å². The first-order valence-electron chi connectivity index (χ1n) is 9.19. The second-order valence-corrected chi connectivity index (χ2v) is 8.82. The molecular formula is C19H23N3O5S. The SMILES string of the molecule is NC(=O)[C@@]12C[C@H]1/C=C\CCCCCNC(=O)c1cccc(c1)S(=O)(=O)NC2=O. The number of benzene rings is 1. The van der Waals surface area contributed by atoms with E-state index in [1.165, 1.54) is 24.3 Å². The van der Waals surface area contributed by atoms with Crippen molar-refractivity contribution in [1.82, 2.24) is 10.0 Å². The number of rotatable bonds is 1. The Hall–Kier alpha value is -2.68. The van der Waals surface area contributed by atoms with Crippen molar-refractivity contribution in [2.75, 3.05) is 6.54 Å². The molecule has 2 bridgehead atoms. The normalized spacial score (nSPS) is 28.8. The van der Waals surface area contributed by atoms with Crippen molar-refractivity contribution in [2.45, 2.75) is 37.0 Å². The zero-order valence-electron chi connectivity index (χ0n) is 15.3. The topological polar surface area (TPSA) is 135 Å². The molecule has 150 valence electrons. The summed E-state index contributed by atoms with van der Waals surface area (Å²) in [5.74, 6) is -2.58. The maximum absolute atomic E-state index is 12.6. The average Bonchev–Trinajstić information content (AvgIpc) is 3.39. The molecule has 1 aromatic carbocycles. The molecule has 1 aliphatic heterocycles. The number of primary amides is 1. The highest BCUT2D eigenvalue weighted by Gasteiger charge is 2.64. The number of nitrogens with two attached hydrogens (primary N) is 1. The quantitative estimate of drug-likeness (QED) is 0.470. The number of amides is 3. The number of sulfonamides is 1. The van der Waals surface area contributed by atoms with Crippen molar-refractivity contribution < 1.29 is 22.8 Å². The molecule has 0 aromatic heterocycles. The van der Waals surface area contributed by atoms with Gasteiger partial charge in [-0.15, -0.1) is 0 Å².